The van der Waals surface area contributed by atoms with Crippen molar-refractivity contribution >= 4 is 18.3 Å². The average molecular weight is 279 g/mol. The number of rotatable bonds is 9. The lowest BCUT2D eigenvalue weighted by Crippen LogP contribution is -2.27. The standard InChI is InChI=1S/C13H26N2O2.ClH/c1-2-3-9-17-10-8-15-13(16)5-4-12-6-7-14-11-12;/h12,14H,2-11H2,1H3,(H,15,16);1H. The molecular weight excluding hydrogens is 252 g/mol. The molecular formula is C13H27ClN2O2. The average Bonchev–Trinajstić information content (AvgIpc) is 2.84. The van der Waals surface area contributed by atoms with Crippen LogP contribution in [-0.2, 0) is 9.53 Å². The first kappa shape index (κ1) is 17.7. The van der Waals surface area contributed by atoms with Crippen molar-refractivity contribution in [2.24, 2.45) is 5.92 Å². The van der Waals surface area contributed by atoms with Gasteiger partial charge >= 0.3 is 0 Å². The smallest absolute Gasteiger partial charge is 0.220 e. The summed E-state index contributed by atoms with van der Waals surface area (Å²) < 4.78 is 5.38. The van der Waals surface area contributed by atoms with Gasteiger partial charge in [-0.05, 0) is 38.3 Å². The van der Waals surface area contributed by atoms with Gasteiger partial charge in [0, 0.05) is 19.6 Å². The Morgan fingerprint density at radius 1 is 1.44 bits per heavy atom. The highest BCUT2D eigenvalue weighted by molar-refractivity contribution is 5.85. The highest BCUT2D eigenvalue weighted by atomic mass is 35.5. The quantitative estimate of drug-likeness (QED) is 0.632. The van der Waals surface area contributed by atoms with Crippen LogP contribution in [0.2, 0.25) is 0 Å². The maximum Gasteiger partial charge on any atom is 0.220 e. The number of carbonyl (C=O) groups is 1. The second-order valence-corrected chi connectivity index (χ2v) is 4.71. The Bertz CT molecular complexity index is 209. The van der Waals surface area contributed by atoms with Gasteiger partial charge < -0.3 is 15.4 Å². The first-order chi connectivity index (χ1) is 8.33. The molecule has 0 radical (unpaired) electrons. The molecule has 0 saturated carbocycles. The van der Waals surface area contributed by atoms with Crippen LogP contribution in [0.25, 0.3) is 0 Å². The fourth-order valence-corrected chi connectivity index (χ4v) is 2.00. The molecule has 0 aromatic heterocycles. The maximum atomic E-state index is 11.5. The molecule has 0 bridgehead atoms. The summed E-state index contributed by atoms with van der Waals surface area (Å²) in [5, 5.41) is 6.22. The Balaban J connectivity index is 0.00000289. The molecule has 18 heavy (non-hydrogen) atoms. The molecule has 1 aliphatic rings. The topological polar surface area (TPSA) is 50.4 Å². The molecule has 5 heteroatoms. The first-order valence-electron chi connectivity index (χ1n) is 6.88. The molecule has 1 atom stereocenters. The third-order valence-electron chi connectivity index (χ3n) is 3.15. The van der Waals surface area contributed by atoms with Crippen molar-refractivity contribution in [2.45, 2.75) is 39.0 Å². The van der Waals surface area contributed by atoms with Gasteiger partial charge in [0.2, 0.25) is 5.91 Å². The van der Waals surface area contributed by atoms with Gasteiger partial charge in [-0.25, -0.2) is 0 Å². The van der Waals surface area contributed by atoms with Gasteiger partial charge in [0.1, 0.15) is 0 Å². The lowest BCUT2D eigenvalue weighted by Gasteiger charge is -2.09. The minimum atomic E-state index is 0. The minimum Gasteiger partial charge on any atom is -0.380 e. The number of halogens is 1. The molecule has 1 amide bonds. The van der Waals surface area contributed by atoms with Gasteiger partial charge in [0.25, 0.3) is 0 Å². The van der Waals surface area contributed by atoms with Crippen LogP contribution >= 0.6 is 12.4 Å². The number of carbonyl (C=O) groups excluding carboxylic acids is 1. The number of ether oxygens (including phenoxy) is 1. The third-order valence-corrected chi connectivity index (χ3v) is 3.15. The molecule has 108 valence electrons. The number of unbranched alkanes of at least 4 members (excludes halogenated alkanes) is 1. The van der Waals surface area contributed by atoms with Crippen LogP contribution in [-0.4, -0.2) is 38.8 Å². The summed E-state index contributed by atoms with van der Waals surface area (Å²) in [5.41, 5.74) is 0. The van der Waals surface area contributed by atoms with Crippen LogP contribution in [0.3, 0.4) is 0 Å². The fourth-order valence-electron chi connectivity index (χ4n) is 2.00. The lowest BCUT2D eigenvalue weighted by atomic mass is 10.0. The van der Waals surface area contributed by atoms with E-state index >= 15 is 0 Å². The molecule has 0 aromatic rings. The first-order valence-corrected chi connectivity index (χ1v) is 6.88. The molecule has 0 aromatic carbocycles. The number of nitrogens with one attached hydrogen (secondary N) is 2. The van der Waals surface area contributed by atoms with Crippen LogP contribution < -0.4 is 10.6 Å². The van der Waals surface area contributed by atoms with Crippen molar-refractivity contribution in [3.05, 3.63) is 0 Å². The van der Waals surface area contributed by atoms with Gasteiger partial charge in [0.15, 0.2) is 0 Å². The molecule has 1 aliphatic heterocycles. The summed E-state index contributed by atoms with van der Waals surface area (Å²) in [6.07, 6.45) is 5.13. The van der Waals surface area contributed by atoms with Crippen molar-refractivity contribution in [1.82, 2.24) is 10.6 Å². The number of hydrogen-bond acceptors (Lipinski definition) is 3. The fraction of sp³-hybridized carbons (Fsp3) is 0.923. The summed E-state index contributed by atoms with van der Waals surface area (Å²) >= 11 is 0. The summed E-state index contributed by atoms with van der Waals surface area (Å²) in [7, 11) is 0. The molecule has 0 spiro atoms. The predicted molar refractivity (Wildman–Crippen MR) is 76.2 cm³/mol. The second-order valence-electron chi connectivity index (χ2n) is 4.71. The Kier molecular flexibility index (Phi) is 11.5. The zero-order chi connectivity index (χ0) is 12.3. The summed E-state index contributed by atoms with van der Waals surface area (Å²) in [6, 6.07) is 0. The van der Waals surface area contributed by atoms with Crippen LogP contribution in [0.5, 0.6) is 0 Å². The largest absolute Gasteiger partial charge is 0.380 e. The van der Waals surface area contributed by atoms with Crippen LogP contribution in [0.15, 0.2) is 0 Å². The molecule has 1 rings (SSSR count). The van der Waals surface area contributed by atoms with Crippen molar-refractivity contribution in [1.29, 1.82) is 0 Å². The van der Waals surface area contributed by atoms with E-state index in [4.69, 9.17) is 4.74 Å². The normalized spacial score (nSPS) is 18.4. The van der Waals surface area contributed by atoms with E-state index in [0.717, 1.165) is 39.0 Å². The third kappa shape index (κ3) is 8.72. The van der Waals surface area contributed by atoms with E-state index in [-0.39, 0.29) is 18.3 Å². The zero-order valence-corrected chi connectivity index (χ0v) is 12.2. The van der Waals surface area contributed by atoms with E-state index in [0.29, 0.717) is 25.5 Å². The molecule has 2 N–H and O–H groups in total. The van der Waals surface area contributed by atoms with Crippen molar-refractivity contribution in [3.8, 4) is 0 Å². The van der Waals surface area contributed by atoms with Gasteiger partial charge in [-0.3, -0.25) is 4.79 Å². The van der Waals surface area contributed by atoms with Gasteiger partial charge in [-0.2, -0.15) is 0 Å². The highest BCUT2D eigenvalue weighted by Crippen LogP contribution is 2.13. The summed E-state index contributed by atoms with van der Waals surface area (Å²) in [5.74, 6) is 0.859. The second kappa shape index (κ2) is 11.8. The van der Waals surface area contributed by atoms with E-state index < -0.39 is 0 Å². The van der Waals surface area contributed by atoms with Gasteiger partial charge in [0.05, 0.1) is 6.61 Å². The predicted octanol–water partition coefficient (Wildman–Crippen LogP) is 1.73. The molecule has 1 saturated heterocycles. The Morgan fingerprint density at radius 2 is 2.28 bits per heavy atom. The monoisotopic (exact) mass is 278 g/mol. The Morgan fingerprint density at radius 3 is 2.94 bits per heavy atom. The highest BCUT2D eigenvalue weighted by Gasteiger charge is 2.15. The van der Waals surface area contributed by atoms with Crippen LogP contribution in [0.4, 0.5) is 0 Å². The molecule has 1 fully saturated rings. The van der Waals surface area contributed by atoms with Gasteiger partial charge in [-0.1, -0.05) is 13.3 Å². The van der Waals surface area contributed by atoms with Crippen molar-refractivity contribution in [3.63, 3.8) is 0 Å². The van der Waals surface area contributed by atoms with Gasteiger partial charge in [-0.15, -0.1) is 12.4 Å². The van der Waals surface area contributed by atoms with E-state index in [2.05, 4.69) is 17.6 Å². The molecule has 1 heterocycles. The molecule has 1 unspecified atom stereocenters. The summed E-state index contributed by atoms with van der Waals surface area (Å²) in [6.45, 7) is 6.41. The van der Waals surface area contributed by atoms with E-state index in [1.807, 2.05) is 0 Å². The van der Waals surface area contributed by atoms with E-state index in [1.54, 1.807) is 0 Å². The van der Waals surface area contributed by atoms with Crippen LogP contribution in [0.1, 0.15) is 39.0 Å². The molecule has 4 nitrogen and oxygen atoms in total. The zero-order valence-electron chi connectivity index (χ0n) is 11.4. The minimum absolute atomic E-state index is 0. The van der Waals surface area contributed by atoms with E-state index in [9.17, 15) is 4.79 Å². The summed E-state index contributed by atoms with van der Waals surface area (Å²) in [4.78, 5) is 11.5. The molecule has 0 aliphatic carbocycles. The lowest BCUT2D eigenvalue weighted by molar-refractivity contribution is -0.121. The Labute approximate surface area is 117 Å². The Hall–Kier alpha value is -0.320. The van der Waals surface area contributed by atoms with E-state index in [1.165, 1.54) is 6.42 Å². The van der Waals surface area contributed by atoms with Crippen LogP contribution in [0, 0.1) is 5.92 Å². The van der Waals surface area contributed by atoms with Crippen molar-refractivity contribution < 1.29 is 9.53 Å². The number of hydrogen-bond donors (Lipinski definition) is 2. The SMILES string of the molecule is CCCCOCCNC(=O)CCC1CCNC1.Cl. The maximum absolute atomic E-state index is 11.5. The number of amides is 1. The van der Waals surface area contributed by atoms with Crippen molar-refractivity contribution in [2.75, 3.05) is 32.8 Å².